The number of carbonyl (C=O) groups is 3. The molecule has 2 aromatic carbocycles. The molecule has 3 atom stereocenters. The summed E-state index contributed by atoms with van der Waals surface area (Å²) in [6.07, 6.45) is -0.173. The van der Waals surface area contributed by atoms with Crippen molar-refractivity contribution in [2.45, 2.75) is 31.6 Å². The summed E-state index contributed by atoms with van der Waals surface area (Å²) in [7, 11) is 4.36. The molecule has 1 aromatic heterocycles. The number of carbonyl (C=O) groups excluding carboxylic acids is 3. The van der Waals surface area contributed by atoms with Crippen LogP contribution in [0.15, 0.2) is 59.1 Å². The highest BCUT2D eigenvalue weighted by atomic mass is 32.1. The van der Waals surface area contributed by atoms with Gasteiger partial charge >= 0.3 is 5.97 Å². The molecule has 1 amide bonds. The number of thiophene rings is 1. The van der Waals surface area contributed by atoms with Gasteiger partial charge in [0.1, 0.15) is 17.6 Å². The van der Waals surface area contributed by atoms with E-state index >= 15 is 4.39 Å². The number of nitrogens with zero attached hydrogens (tertiary/aromatic N) is 1. The number of allylic oxidation sites excluding steroid dienone is 2. The van der Waals surface area contributed by atoms with Crippen LogP contribution in [0.4, 0.5) is 14.5 Å². The second-order valence-corrected chi connectivity index (χ2v) is 10.8. The van der Waals surface area contributed by atoms with Gasteiger partial charge in [-0.25, -0.2) is 8.78 Å². The van der Waals surface area contributed by atoms with Crippen LogP contribution in [0.1, 0.15) is 42.0 Å². The van der Waals surface area contributed by atoms with E-state index in [1.54, 1.807) is 25.1 Å². The molecule has 2 aliphatic rings. The van der Waals surface area contributed by atoms with E-state index in [4.69, 9.17) is 18.9 Å². The molecule has 2 heterocycles. The van der Waals surface area contributed by atoms with Crippen LogP contribution in [0.5, 0.6) is 17.2 Å². The minimum Gasteiger partial charge on any atom is -0.493 e. The molecule has 220 valence electrons. The predicted molar refractivity (Wildman–Crippen MR) is 151 cm³/mol. The monoisotopic (exact) mass is 597 g/mol. The lowest BCUT2D eigenvalue weighted by Gasteiger charge is -2.42. The minimum absolute atomic E-state index is 0.0640. The molecule has 42 heavy (non-hydrogen) atoms. The number of rotatable bonds is 8. The number of hydrogen-bond donors (Lipinski definition) is 0. The molecular weight excluding hydrogens is 568 g/mol. The number of esters is 1. The van der Waals surface area contributed by atoms with Crippen LogP contribution in [0.3, 0.4) is 0 Å². The summed E-state index contributed by atoms with van der Waals surface area (Å²) in [4.78, 5) is 43.6. The smallest absolute Gasteiger partial charge is 0.317 e. The van der Waals surface area contributed by atoms with Gasteiger partial charge in [-0.1, -0.05) is 6.07 Å². The van der Waals surface area contributed by atoms with Crippen molar-refractivity contribution >= 4 is 34.7 Å². The summed E-state index contributed by atoms with van der Waals surface area (Å²) in [6, 6.07) is 9.83. The lowest BCUT2D eigenvalue weighted by Crippen LogP contribution is -2.46. The van der Waals surface area contributed by atoms with Gasteiger partial charge in [0.2, 0.25) is 11.7 Å². The van der Waals surface area contributed by atoms with E-state index in [1.807, 2.05) is 11.4 Å². The first-order chi connectivity index (χ1) is 20.2. The molecule has 0 unspecified atom stereocenters. The first-order valence-corrected chi connectivity index (χ1v) is 14.2. The average molecular weight is 598 g/mol. The molecule has 1 aliphatic carbocycles. The maximum Gasteiger partial charge on any atom is 0.317 e. The quantitative estimate of drug-likeness (QED) is 0.241. The van der Waals surface area contributed by atoms with Crippen LogP contribution in [-0.2, 0) is 19.1 Å². The zero-order chi connectivity index (χ0) is 30.1. The fourth-order valence-electron chi connectivity index (χ4n) is 5.83. The van der Waals surface area contributed by atoms with Crippen molar-refractivity contribution in [3.8, 4) is 17.2 Å². The van der Waals surface area contributed by atoms with Gasteiger partial charge in [-0.3, -0.25) is 19.3 Å². The van der Waals surface area contributed by atoms with Gasteiger partial charge in [-0.05, 0) is 54.6 Å². The Labute approximate surface area is 245 Å². The first-order valence-electron chi connectivity index (χ1n) is 13.3. The molecular formula is C31H29F2NO7S. The van der Waals surface area contributed by atoms with E-state index in [2.05, 4.69) is 0 Å². The number of halogens is 2. The first kappa shape index (κ1) is 29.2. The van der Waals surface area contributed by atoms with Crippen molar-refractivity contribution in [2.75, 3.05) is 32.8 Å². The zero-order valence-corrected chi connectivity index (χ0v) is 24.3. The Bertz CT molecular complexity index is 1540. The third-order valence-electron chi connectivity index (χ3n) is 7.61. The van der Waals surface area contributed by atoms with E-state index in [9.17, 15) is 18.8 Å². The molecule has 0 fully saturated rings. The van der Waals surface area contributed by atoms with Gasteiger partial charge in [-0.2, -0.15) is 0 Å². The fourth-order valence-corrected chi connectivity index (χ4v) is 6.70. The number of benzene rings is 2. The van der Waals surface area contributed by atoms with Gasteiger partial charge in [0.15, 0.2) is 17.3 Å². The Hall–Kier alpha value is -4.25. The molecule has 0 N–H and O–H groups in total. The maximum absolute atomic E-state index is 15.2. The van der Waals surface area contributed by atoms with Crippen LogP contribution in [-0.4, -0.2) is 45.6 Å². The number of ketones is 1. The molecule has 0 saturated carbocycles. The minimum atomic E-state index is -1.18. The fraction of sp³-hybridized carbons (Fsp3) is 0.323. The van der Waals surface area contributed by atoms with E-state index in [0.29, 0.717) is 28.9 Å². The highest BCUT2D eigenvalue weighted by Gasteiger charge is 2.50. The molecule has 0 bridgehead atoms. The molecule has 8 nitrogen and oxygen atoms in total. The Morgan fingerprint density at radius 3 is 2.29 bits per heavy atom. The predicted octanol–water partition coefficient (Wildman–Crippen LogP) is 5.76. The van der Waals surface area contributed by atoms with Crippen molar-refractivity contribution in [3.63, 3.8) is 0 Å². The number of ether oxygens (including phenoxy) is 4. The standard InChI is InChI=1S/C31H29F2NO7S/c1-5-41-31(37)28-19(25-7-6-10-42-25)14-22-27(29(28)36)18(16-11-23(38-2)30(40-4)24(12-16)39-3)15-26(35)34(22)21-9-8-17(32)13-20(21)33/h6-13,18-19,28H,5,14-15H2,1-4H3/t18-,19-,28+/m1/s1. The van der Waals surface area contributed by atoms with Gasteiger partial charge in [0.05, 0.1) is 33.6 Å². The molecule has 1 aliphatic heterocycles. The number of Topliss-reactive ketones (excluding diaryl/α,β-unsaturated/α-hetero) is 1. The van der Waals surface area contributed by atoms with Crippen LogP contribution < -0.4 is 19.1 Å². The SMILES string of the molecule is CCOC(=O)[C@@H]1C(=O)C2=C(C[C@@H]1c1cccs1)N(c1ccc(F)cc1F)C(=O)C[C@@H]2c1cc(OC)c(OC)c(OC)c1. The van der Waals surface area contributed by atoms with Crippen LogP contribution in [0.25, 0.3) is 0 Å². The van der Waals surface area contributed by atoms with E-state index in [0.717, 1.165) is 15.8 Å². The van der Waals surface area contributed by atoms with Crippen molar-refractivity contribution in [1.82, 2.24) is 0 Å². The second kappa shape index (κ2) is 11.9. The highest BCUT2D eigenvalue weighted by molar-refractivity contribution is 7.10. The number of methoxy groups -OCH3 is 3. The van der Waals surface area contributed by atoms with Gasteiger partial charge in [0, 0.05) is 40.5 Å². The zero-order valence-electron chi connectivity index (χ0n) is 23.4. The highest BCUT2D eigenvalue weighted by Crippen LogP contribution is 2.52. The Morgan fingerprint density at radius 1 is 1.00 bits per heavy atom. The van der Waals surface area contributed by atoms with Crippen LogP contribution >= 0.6 is 11.3 Å². The van der Waals surface area contributed by atoms with Crippen molar-refractivity contribution in [3.05, 3.63) is 81.2 Å². The number of hydrogen-bond acceptors (Lipinski definition) is 8. The van der Waals surface area contributed by atoms with Crippen LogP contribution in [0.2, 0.25) is 0 Å². The van der Waals surface area contributed by atoms with Crippen molar-refractivity contribution in [1.29, 1.82) is 0 Å². The maximum atomic E-state index is 15.2. The Balaban J connectivity index is 1.77. The van der Waals surface area contributed by atoms with Crippen molar-refractivity contribution in [2.24, 2.45) is 5.92 Å². The third kappa shape index (κ3) is 5.02. The lowest BCUT2D eigenvalue weighted by molar-refractivity contribution is -0.152. The normalized spacial score (nSPS) is 20.3. The molecule has 0 spiro atoms. The van der Waals surface area contributed by atoms with E-state index in [-0.39, 0.29) is 36.4 Å². The van der Waals surface area contributed by atoms with Gasteiger partial charge in [0.25, 0.3) is 0 Å². The summed E-state index contributed by atoms with van der Waals surface area (Å²) in [6.45, 7) is 1.74. The third-order valence-corrected chi connectivity index (χ3v) is 8.61. The molecule has 0 radical (unpaired) electrons. The number of anilines is 1. The Kier molecular flexibility index (Phi) is 8.31. The summed E-state index contributed by atoms with van der Waals surface area (Å²) in [5.41, 5.74) is 0.762. The number of amides is 1. The van der Waals surface area contributed by atoms with Crippen LogP contribution in [0, 0.1) is 17.6 Å². The van der Waals surface area contributed by atoms with Crippen molar-refractivity contribution < 1.29 is 42.1 Å². The van der Waals surface area contributed by atoms with Gasteiger partial charge in [-0.15, -0.1) is 11.3 Å². The molecule has 0 saturated heterocycles. The lowest BCUT2D eigenvalue weighted by atomic mass is 9.69. The summed E-state index contributed by atoms with van der Waals surface area (Å²) >= 11 is 1.37. The molecule has 11 heteroatoms. The Morgan fingerprint density at radius 2 is 1.71 bits per heavy atom. The van der Waals surface area contributed by atoms with Gasteiger partial charge < -0.3 is 18.9 Å². The summed E-state index contributed by atoms with van der Waals surface area (Å²) in [5.74, 6) is -5.15. The topological polar surface area (TPSA) is 91.4 Å². The van der Waals surface area contributed by atoms with E-state index < -0.39 is 47.0 Å². The summed E-state index contributed by atoms with van der Waals surface area (Å²) in [5, 5.41) is 1.83. The second-order valence-electron chi connectivity index (χ2n) is 9.82. The molecule has 3 aromatic rings. The molecule has 5 rings (SSSR count). The average Bonchev–Trinajstić information content (AvgIpc) is 3.51. The van der Waals surface area contributed by atoms with E-state index in [1.165, 1.54) is 38.7 Å². The largest absolute Gasteiger partial charge is 0.493 e. The summed E-state index contributed by atoms with van der Waals surface area (Å²) < 4.78 is 50.9.